The maximum atomic E-state index is 7.57. The van der Waals surface area contributed by atoms with Gasteiger partial charge in [0.1, 0.15) is 0 Å². The maximum Gasteiger partial charge on any atom is 0.0402 e. The van der Waals surface area contributed by atoms with Crippen LogP contribution in [-0.2, 0) is 44.8 Å². The molecule has 0 saturated heterocycles. The van der Waals surface area contributed by atoms with Gasteiger partial charge in [-0.25, -0.2) is 0 Å². The molecule has 32 heavy (non-hydrogen) atoms. The Morgan fingerprint density at radius 1 is 0.219 bits per heavy atom. The molecule has 0 bridgehead atoms. The van der Waals surface area contributed by atoms with Gasteiger partial charge in [-0.05, 0) is 69.2 Å². The van der Waals surface area contributed by atoms with Gasteiger partial charge in [-0.15, -0.1) is 0 Å². The molecule has 0 atom stereocenters. The van der Waals surface area contributed by atoms with Crippen molar-refractivity contribution in [2.45, 2.75) is 69.2 Å². The fourth-order valence-corrected chi connectivity index (χ4v) is 0. The Bertz CT molecular complexity index is 71.6. The first-order valence-corrected chi connectivity index (χ1v) is 10.2. The first-order valence-electron chi connectivity index (χ1n) is 10.2. The van der Waals surface area contributed by atoms with E-state index in [1.54, 1.807) is 69.2 Å². The molecule has 0 aromatic rings. The van der Waals surface area contributed by atoms with Crippen LogP contribution in [-0.4, -0.2) is 117 Å². The Hall–Kier alpha value is 1.08. The molecule has 2 radical (unpaired) electrons. The van der Waals surface area contributed by atoms with Crippen LogP contribution in [0.15, 0.2) is 0 Å². The minimum atomic E-state index is 0. The summed E-state index contributed by atoms with van der Waals surface area (Å²) in [7, 11) is 0. The Balaban J connectivity index is -0.0000000138. The van der Waals surface area contributed by atoms with Gasteiger partial charge in [0.15, 0.2) is 0 Å². The summed E-state index contributed by atoms with van der Waals surface area (Å²) in [5.74, 6) is 0. The van der Waals surface area contributed by atoms with E-state index in [1.165, 1.54) is 0 Å². The summed E-state index contributed by atoms with van der Waals surface area (Å²) in [5, 5.41) is 75.7. The van der Waals surface area contributed by atoms with Gasteiger partial charge in [-0.2, -0.15) is 0 Å². The van der Waals surface area contributed by atoms with Gasteiger partial charge in [-0.1, -0.05) is 0 Å². The van der Waals surface area contributed by atoms with Crippen molar-refractivity contribution < 1.29 is 95.8 Å². The number of hydrogen-bond acceptors (Lipinski definition) is 10. The molecule has 0 rings (SSSR count). The summed E-state index contributed by atoms with van der Waals surface area (Å²) < 4.78 is 0. The molecular weight excluding hydrogens is 586 g/mol. The number of hydrogen-bond donors (Lipinski definition) is 10. The molecule has 10 N–H and O–H groups in total. The van der Waals surface area contributed by atoms with Gasteiger partial charge >= 0.3 is 0 Å². The minimum absolute atomic E-state index is 0. The molecule has 0 fully saturated rings. The van der Waals surface area contributed by atoms with Crippen molar-refractivity contribution in [3.05, 3.63) is 0 Å². The van der Waals surface area contributed by atoms with E-state index in [2.05, 4.69) is 0 Å². The van der Waals surface area contributed by atoms with Crippen LogP contribution < -0.4 is 0 Å². The molecule has 0 spiro atoms. The summed E-state index contributed by atoms with van der Waals surface area (Å²) in [5.41, 5.74) is 0. The van der Waals surface area contributed by atoms with Gasteiger partial charge < -0.3 is 51.1 Å². The van der Waals surface area contributed by atoms with E-state index in [4.69, 9.17) is 51.1 Å². The zero-order chi connectivity index (χ0) is 27.1. The van der Waals surface area contributed by atoms with Crippen LogP contribution in [0, 0.1) is 0 Å². The van der Waals surface area contributed by atoms with Crippen LogP contribution in [0.2, 0.25) is 0 Å². The maximum absolute atomic E-state index is 7.57. The molecule has 10 nitrogen and oxygen atoms in total. The first-order chi connectivity index (χ1) is 14.1. The summed E-state index contributed by atoms with van der Waals surface area (Å²) >= 11 is 0. The van der Waals surface area contributed by atoms with Crippen molar-refractivity contribution in [2.75, 3.05) is 66.1 Å². The molecule has 0 unspecified atom stereocenters. The number of rotatable bonds is 0. The van der Waals surface area contributed by atoms with E-state index in [0.717, 1.165) is 0 Å². The SMILES string of the molecule is CCO.CCO.CCO.CCO.CCO.CCO.CCO.CCO.CCO.CCO.[Nb].[Nb]. The second-order valence-electron chi connectivity index (χ2n) is 3.16. The predicted octanol–water partition coefficient (Wildman–Crippen LogP) is -0.0190. The first kappa shape index (κ1) is 76.6. The fourth-order valence-electron chi connectivity index (χ4n) is 0. The van der Waals surface area contributed by atoms with Gasteiger partial charge in [0, 0.05) is 111 Å². The van der Waals surface area contributed by atoms with Crippen molar-refractivity contribution in [3.63, 3.8) is 0 Å². The summed E-state index contributed by atoms with van der Waals surface area (Å²) in [6.07, 6.45) is 0. The standard InChI is InChI=1S/10C2H6O.2Nb/c10*1-2-3;;/h10*3H,2H2,1H3;;. The van der Waals surface area contributed by atoms with Crippen molar-refractivity contribution in [3.8, 4) is 0 Å². The smallest absolute Gasteiger partial charge is 0.0402 e. The quantitative estimate of drug-likeness (QED) is 0.160. The van der Waals surface area contributed by atoms with E-state index < -0.39 is 0 Å². The molecule has 210 valence electrons. The Morgan fingerprint density at radius 2 is 0.219 bits per heavy atom. The molecule has 0 amide bonds. The van der Waals surface area contributed by atoms with Crippen molar-refractivity contribution >= 4 is 0 Å². The molecule has 0 heterocycles. The van der Waals surface area contributed by atoms with E-state index in [1.807, 2.05) is 0 Å². The van der Waals surface area contributed by atoms with E-state index >= 15 is 0 Å². The zero-order valence-electron chi connectivity index (χ0n) is 22.4. The molecule has 0 saturated carbocycles. The predicted molar refractivity (Wildman–Crippen MR) is 128 cm³/mol. The van der Waals surface area contributed by atoms with Crippen LogP contribution >= 0.6 is 0 Å². The molecule has 0 aromatic heterocycles. The summed E-state index contributed by atoms with van der Waals surface area (Å²) in [6, 6.07) is 0. The molecule has 0 aliphatic carbocycles. The van der Waals surface area contributed by atoms with Crippen LogP contribution in [0.4, 0.5) is 0 Å². The van der Waals surface area contributed by atoms with Crippen molar-refractivity contribution in [2.24, 2.45) is 0 Å². The van der Waals surface area contributed by atoms with Gasteiger partial charge in [-0.3, -0.25) is 0 Å². The third kappa shape index (κ3) is 24100. The normalized spacial score (nSPS) is 5.62. The van der Waals surface area contributed by atoms with E-state index in [9.17, 15) is 0 Å². The second-order valence-corrected chi connectivity index (χ2v) is 3.16. The van der Waals surface area contributed by atoms with Crippen LogP contribution in [0.3, 0.4) is 0 Å². The van der Waals surface area contributed by atoms with Gasteiger partial charge in [0.2, 0.25) is 0 Å². The molecule has 0 aromatic carbocycles. The zero-order valence-corrected chi connectivity index (χ0v) is 26.8. The largest absolute Gasteiger partial charge is 0.397 e. The molecule has 0 aliphatic heterocycles. The third-order valence-corrected chi connectivity index (χ3v) is 0. The van der Waals surface area contributed by atoms with Crippen LogP contribution in [0.5, 0.6) is 0 Å². The fraction of sp³-hybridized carbons (Fsp3) is 1.00. The van der Waals surface area contributed by atoms with Crippen molar-refractivity contribution in [1.82, 2.24) is 0 Å². The molecule has 0 aliphatic rings. The molecule has 12 heteroatoms. The van der Waals surface area contributed by atoms with E-state index in [-0.39, 0.29) is 111 Å². The average molecular weight is 647 g/mol. The second kappa shape index (κ2) is 252. The summed E-state index contributed by atoms with van der Waals surface area (Å²) in [4.78, 5) is 0. The molecular formula is C20H60Nb2O10. The monoisotopic (exact) mass is 646 g/mol. The Morgan fingerprint density at radius 3 is 0.219 bits per heavy atom. The Labute approximate surface area is 230 Å². The number of aliphatic hydroxyl groups is 10. The minimum Gasteiger partial charge on any atom is -0.397 e. The van der Waals surface area contributed by atoms with Gasteiger partial charge in [0.05, 0.1) is 0 Å². The average Bonchev–Trinajstić information content (AvgIpc) is 2.61. The van der Waals surface area contributed by atoms with Gasteiger partial charge in [0.25, 0.3) is 0 Å². The van der Waals surface area contributed by atoms with E-state index in [0.29, 0.717) is 0 Å². The summed E-state index contributed by atoms with van der Waals surface area (Å²) in [6.45, 7) is 19.3. The van der Waals surface area contributed by atoms with Crippen LogP contribution in [0.25, 0.3) is 0 Å². The third-order valence-electron chi connectivity index (χ3n) is 0. The number of aliphatic hydroxyl groups excluding tert-OH is 10. The van der Waals surface area contributed by atoms with Crippen LogP contribution in [0.1, 0.15) is 69.2 Å². The Kier molecular flexibility index (Phi) is 604. The topological polar surface area (TPSA) is 202 Å². The van der Waals surface area contributed by atoms with Crippen molar-refractivity contribution in [1.29, 1.82) is 0 Å².